The summed E-state index contributed by atoms with van der Waals surface area (Å²) in [5, 5.41) is 1.28. The van der Waals surface area contributed by atoms with Crippen LogP contribution < -0.4 is 17.3 Å². The molecule has 0 radical (unpaired) electrons. The van der Waals surface area contributed by atoms with Gasteiger partial charge in [0.05, 0.1) is 11.3 Å². The average molecular weight is 367 g/mol. The zero-order valence-electron chi connectivity index (χ0n) is 14.5. The molecule has 6 N–H and O–H groups in total. The minimum atomic E-state index is -0.562. The van der Waals surface area contributed by atoms with Crippen molar-refractivity contribution in [3.8, 4) is 5.82 Å². The minimum absolute atomic E-state index is 0.153. The average Bonchev–Trinajstić information content (AvgIpc) is 3.11. The fraction of sp³-hybridized carbons (Fsp3) is 0.0556. The Balaban J connectivity index is 2.03. The summed E-state index contributed by atoms with van der Waals surface area (Å²) >= 11 is 0. The summed E-state index contributed by atoms with van der Waals surface area (Å²) in [7, 11) is 1.59. The number of carbonyl (C=O) groups excluding carboxylic acids is 1. The van der Waals surface area contributed by atoms with Crippen molar-refractivity contribution in [2.45, 2.75) is 0 Å². The number of hydrazine groups is 1. The van der Waals surface area contributed by atoms with Gasteiger partial charge in [-0.3, -0.25) is 9.36 Å². The number of pyridine rings is 1. The zero-order valence-corrected chi connectivity index (χ0v) is 14.5. The molecule has 0 fully saturated rings. The predicted molar refractivity (Wildman–Crippen MR) is 99.2 cm³/mol. The largest absolute Gasteiger partial charge is 0.396 e. The molecule has 0 unspecified atom stereocenters. The Morgan fingerprint density at radius 2 is 1.89 bits per heavy atom. The fourth-order valence-electron chi connectivity index (χ4n) is 2.57. The maximum Gasteiger partial charge on any atom is 0.250 e. The number of rotatable bonds is 5. The number of nitrogens with two attached hydrogens (primary N) is 3. The molecule has 0 aliphatic rings. The topological polar surface area (TPSA) is 129 Å². The van der Waals surface area contributed by atoms with E-state index in [1.54, 1.807) is 48.1 Å². The van der Waals surface area contributed by atoms with Gasteiger partial charge in [-0.15, -0.1) is 0 Å². The lowest BCUT2D eigenvalue weighted by Gasteiger charge is -2.18. The van der Waals surface area contributed by atoms with Crippen LogP contribution in [0.1, 0.15) is 21.6 Å². The highest BCUT2D eigenvalue weighted by Gasteiger charge is 2.17. The van der Waals surface area contributed by atoms with Crippen molar-refractivity contribution in [3.05, 3.63) is 77.8 Å². The van der Waals surface area contributed by atoms with Crippen LogP contribution in [-0.4, -0.2) is 32.5 Å². The second-order valence-electron chi connectivity index (χ2n) is 5.79. The van der Waals surface area contributed by atoms with Crippen LogP contribution in [-0.2, 0) is 0 Å². The summed E-state index contributed by atoms with van der Waals surface area (Å²) in [5.74, 6) is 5.41. The fourth-order valence-corrected chi connectivity index (χ4v) is 2.57. The van der Waals surface area contributed by atoms with Gasteiger partial charge < -0.3 is 16.5 Å². The van der Waals surface area contributed by atoms with Gasteiger partial charge in [-0.25, -0.2) is 20.2 Å². The highest BCUT2D eigenvalue weighted by atomic mass is 19.1. The lowest BCUT2D eigenvalue weighted by Crippen LogP contribution is -2.27. The van der Waals surface area contributed by atoms with E-state index in [4.69, 9.17) is 17.3 Å². The number of hydrogen-bond acceptors (Lipinski definition) is 6. The van der Waals surface area contributed by atoms with Crippen LogP contribution >= 0.6 is 0 Å². The summed E-state index contributed by atoms with van der Waals surface area (Å²) in [4.78, 5) is 19.6. The number of primary amides is 1. The number of amides is 1. The third kappa shape index (κ3) is 3.62. The van der Waals surface area contributed by atoms with Gasteiger partial charge in [-0.1, -0.05) is 12.1 Å². The van der Waals surface area contributed by atoms with E-state index in [9.17, 15) is 9.18 Å². The molecule has 138 valence electrons. The van der Waals surface area contributed by atoms with E-state index in [2.05, 4.69) is 9.97 Å². The van der Waals surface area contributed by atoms with Gasteiger partial charge in [-0.05, 0) is 24.3 Å². The van der Waals surface area contributed by atoms with Gasteiger partial charge in [0.1, 0.15) is 29.4 Å². The summed E-state index contributed by atoms with van der Waals surface area (Å²) in [6.07, 6.45) is 4.54. The first-order chi connectivity index (χ1) is 12.9. The van der Waals surface area contributed by atoms with E-state index >= 15 is 0 Å². The van der Waals surface area contributed by atoms with E-state index in [1.807, 2.05) is 0 Å². The van der Waals surface area contributed by atoms with Crippen LogP contribution in [0.15, 0.2) is 55.1 Å². The van der Waals surface area contributed by atoms with E-state index in [1.165, 1.54) is 23.6 Å². The van der Waals surface area contributed by atoms with Crippen molar-refractivity contribution in [2.24, 2.45) is 17.3 Å². The van der Waals surface area contributed by atoms with Crippen LogP contribution in [0.4, 0.5) is 4.39 Å². The van der Waals surface area contributed by atoms with Crippen molar-refractivity contribution in [1.82, 2.24) is 19.5 Å². The number of hydrogen-bond donors (Lipinski definition) is 3. The highest BCUT2D eigenvalue weighted by molar-refractivity contribution is 5.92. The second-order valence-corrected chi connectivity index (χ2v) is 5.79. The molecule has 2 aromatic heterocycles. The van der Waals surface area contributed by atoms with E-state index < -0.39 is 11.7 Å². The zero-order chi connectivity index (χ0) is 19.6. The van der Waals surface area contributed by atoms with Gasteiger partial charge in [-0.2, -0.15) is 0 Å². The standard InChI is InChI=1S/C18H18FN7O/c1-25(22)17(16(20)12-4-2-3-5-13(12)19)14-9-26(10-24-14)15-7-6-11(8-23-15)18(21)27/h2-10H,20,22H2,1H3,(H2,21,27)/b17-16-. The Morgan fingerprint density at radius 1 is 1.15 bits per heavy atom. The van der Waals surface area contributed by atoms with Crippen molar-refractivity contribution in [2.75, 3.05) is 7.05 Å². The first-order valence-corrected chi connectivity index (χ1v) is 7.92. The first kappa shape index (κ1) is 18.1. The number of carbonyl (C=O) groups is 1. The van der Waals surface area contributed by atoms with Gasteiger partial charge >= 0.3 is 0 Å². The molecule has 1 amide bonds. The summed E-state index contributed by atoms with van der Waals surface area (Å²) in [5.41, 5.74) is 12.8. The van der Waals surface area contributed by atoms with Crippen LogP contribution in [0, 0.1) is 5.82 Å². The van der Waals surface area contributed by atoms with Crippen molar-refractivity contribution in [3.63, 3.8) is 0 Å². The molecule has 0 saturated carbocycles. The highest BCUT2D eigenvalue weighted by Crippen LogP contribution is 2.24. The minimum Gasteiger partial charge on any atom is -0.396 e. The third-order valence-electron chi connectivity index (χ3n) is 3.89. The molecule has 27 heavy (non-hydrogen) atoms. The molecule has 3 rings (SSSR count). The number of nitrogens with zero attached hydrogens (tertiary/aromatic N) is 4. The molecule has 8 nitrogen and oxygen atoms in total. The molecule has 0 aliphatic carbocycles. The maximum absolute atomic E-state index is 14.1. The molecule has 1 aromatic carbocycles. The quantitative estimate of drug-likeness (QED) is 0.457. The lowest BCUT2D eigenvalue weighted by molar-refractivity contribution is 0.1000. The third-order valence-corrected chi connectivity index (χ3v) is 3.89. The van der Waals surface area contributed by atoms with E-state index in [0.717, 1.165) is 0 Å². The Labute approximate surface area is 154 Å². The molecule has 2 heterocycles. The number of aromatic nitrogens is 3. The monoisotopic (exact) mass is 367 g/mol. The molecular weight excluding hydrogens is 349 g/mol. The molecule has 3 aromatic rings. The van der Waals surface area contributed by atoms with Crippen LogP contribution in [0.25, 0.3) is 17.2 Å². The normalized spacial score (nSPS) is 11.8. The molecule has 0 aliphatic heterocycles. The molecule has 0 atom stereocenters. The van der Waals surface area contributed by atoms with Crippen LogP contribution in [0.3, 0.4) is 0 Å². The SMILES string of the molecule is CN(N)/C(=C(\N)c1ccccc1F)c1cn(-c2ccc(C(N)=O)cn2)cn1. The van der Waals surface area contributed by atoms with Gasteiger partial charge in [0, 0.05) is 25.0 Å². The smallest absolute Gasteiger partial charge is 0.250 e. The first-order valence-electron chi connectivity index (χ1n) is 7.92. The molecule has 0 spiro atoms. The van der Waals surface area contributed by atoms with Gasteiger partial charge in [0.25, 0.3) is 0 Å². The van der Waals surface area contributed by atoms with Crippen molar-refractivity contribution < 1.29 is 9.18 Å². The molecule has 9 heteroatoms. The predicted octanol–water partition coefficient (Wildman–Crippen LogP) is 1.10. The van der Waals surface area contributed by atoms with Crippen molar-refractivity contribution >= 4 is 17.3 Å². The van der Waals surface area contributed by atoms with Crippen molar-refractivity contribution in [1.29, 1.82) is 0 Å². The van der Waals surface area contributed by atoms with Crippen LogP contribution in [0.2, 0.25) is 0 Å². The Hall–Kier alpha value is -3.72. The van der Waals surface area contributed by atoms with Crippen LogP contribution in [0.5, 0.6) is 0 Å². The molecular formula is C18H18FN7O. The Kier molecular flexibility index (Phi) is 4.86. The van der Waals surface area contributed by atoms with Gasteiger partial charge in [0.15, 0.2) is 0 Å². The van der Waals surface area contributed by atoms with E-state index in [-0.39, 0.29) is 11.3 Å². The molecule has 0 saturated heterocycles. The number of benzene rings is 1. The Bertz CT molecular complexity index is 1010. The van der Waals surface area contributed by atoms with E-state index in [0.29, 0.717) is 22.8 Å². The number of halogens is 1. The molecule has 0 bridgehead atoms. The van der Waals surface area contributed by atoms with Gasteiger partial charge in [0.2, 0.25) is 5.91 Å². The maximum atomic E-state index is 14.1. The summed E-state index contributed by atoms with van der Waals surface area (Å²) in [6.45, 7) is 0. The number of imidazole rings is 1. The second kappa shape index (κ2) is 7.26. The lowest BCUT2D eigenvalue weighted by atomic mass is 10.1. The summed E-state index contributed by atoms with van der Waals surface area (Å²) in [6, 6.07) is 9.33. The Morgan fingerprint density at radius 3 is 2.48 bits per heavy atom. The summed E-state index contributed by atoms with van der Waals surface area (Å²) < 4.78 is 15.7.